The lowest BCUT2D eigenvalue weighted by atomic mass is 9.99. The van der Waals surface area contributed by atoms with E-state index in [1.54, 1.807) is 26.0 Å². The van der Waals surface area contributed by atoms with Gasteiger partial charge in [0.05, 0.1) is 12.1 Å². The third kappa shape index (κ3) is 3.72. The minimum Gasteiger partial charge on any atom is -0.478 e. The van der Waals surface area contributed by atoms with Crippen LogP contribution in [0.15, 0.2) is 35.0 Å². The van der Waals surface area contributed by atoms with Crippen LogP contribution in [0.5, 0.6) is 0 Å². The fourth-order valence-corrected chi connectivity index (χ4v) is 2.85. The number of hydrogen-bond acceptors (Lipinski definition) is 4. The molecule has 0 aliphatic rings. The van der Waals surface area contributed by atoms with Gasteiger partial charge in [-0.1, -0.05) is 0 Å². The molecular formula is C16H17NO4S. The van der Waals surface area contributed by atoms with Crippen molar-refractivity contribution in [1.29, 1.82) is 0 Å². The van der Waals surface area contributed by atoms with Crippen LogP contribution in [0.1, 0.15) is 38.8 Å². The molecule has 0 bridgehead atoms. The standard InChI is InChI=1S/C16H17NO4S/c1-10-5-11(7-12(6-10)15(19)20)14(18)17-9-16(2,21)13-3-4-22-8-13/h3-8,21H,9H2,1-2H3,(H,17,18)(H,19,20). The van der Waals surface area contributed by atoms with Crippen molar-refractivity contribution >= 4 is 23.2 Å². The molecule has 5 nitrogen and oxygen atoms in total. The molecule has 0 saturated heterocycles. The second-order valence-corrected chi connectivity index (χ2v) is 6.14. The fourth-order valence-electron chi connectivity index (χ4n) is 2.07. The van der Waals surface area contributed by atoms with Crippen LogP contribution in [-0.4, -0.2) is 28.6 Å². The van der Waals surface area contributed by atoms with Crippen molar-refractivity contribution in [1.82, 2.24) is 5.32 Å². The van der Waals surface area contributed by atoms with E-state index in [0.717, 1.165) is 5.56 Å². The maximum atomic E-state index is 12.2. The molecule has 3 N–H and O–H groups in total. The van der Waals surface area contributed by atoms with Crippen LogP contribution in [0.4, 0.5) is 0 Å². The van der Waals surface area contributed by atoms with Gasteiger partial charge in [0, 0.05) is 5.56 Å². The molecule has 1 aromatic carbocycles. The molecule has 1 amide bonds. The Kier molecular flexibility index (Phi) is 4.63. The predicted octanol–water partition coefficient (Wildman–Crippen LogP) is 2.39. The Morgan fingerprint density at radius 3 is 2.55 bits per heavy atom. The quantitative estimate of drug-likeness (QED) is 0.790. The summed E-state index contributed by atoms with van der Waals surface area (Å²) in [5.41, 5.74) is 0.575. The van der Waals surface area contributed by atoms with E-state index in [1.165, 1.54) is 23.5 Å². The van der Waals surface area contributed by atoms with E-state index < -0.39 is 17.5 Å². The van der Waals surface area contributed by atoms with E-state index in [1.807, 2.05) is 10.8 Å². The molecule has 1 aromatic heterocycles. The average Bonchev–Trinajstić information content (AvgIpc) is 2.99. The highest BCUT2D eigenvalue weighted by Crippen LogP contribution is 2.22. The Balaban J connectivity index is 2.11. The smallest absolute Gasteiger partial charge is 0.335 e. The molecule has 1 unspecified atom stereocenters. The Hall–Kier alpha value is -2.18. The maximum Gasteiger partial charge on any atom is 0.335 e. The van der Waals surface area contributed by atoms with Crippen LogP contribution in [0.25, 0.3) is 0 Å². The molecule has 6 heteroatoms. The first-order valence-corrected chi connectivity index (χ1v) is 7.62. The van der Waals surface area contributed by atoms with Crippen LogP contribution >= 0.6 is 11.3 Å². The van der Waals surface area contributed by atoms with Crippen molar-refractivity contribution in [2.24, 2.45) is 0 Å². The number of aryl methyl sites for hydroxylation is 1. The zero-order chi connectivity index (χ0) is 16.3. The van der Waals surface area contributed by atoms with E-state index in [2.05, 4.69) is 5.32 Å². The van der Waals surface area contributed by atoms with Gasteiger partial charge in [0.25, 0.3) is 5.91 Å². The second-order valence-electron chi connectivity index (χ2n) is 5.36. The highest BCUT2D eigenvalue weighted by molar-refractivity contribution is 7.08. The predicted molar refractivity (Wildman–Crippen MR) is 84.4 cm³/mol. The van der Waals surface area contributed by atoms with Gasteiger partial charge in [0.1, 0.15) is 5.60 Å². The van der Waals surface area contributed by atoms with E-state index in [0.29, 0.717) is 5.56 Å². The van der Waals surface area contributed by atoms with Crippen molar-refractivity contribution in [3.8, 4) is 0 Å². The molecule has 22 heavy (non-hydrogen) atoms. The van der Waals surface area contributed by atoms with E-state index in [9.17, 15) is 14.7 Å². The van der Waals surface area contributed by atoms with Crippen molar-refractivity contribution in [2.75, 3.05) is 6.54 Å². The number of thiophene rings is 1. The van der Waals surface area contributed by atoms with Gasteiger partial charge in [-0.2, -0.15) is 11.3 Å². The number of carboxylic acids is 1. The zero-order valence-corrected chi connectivity index (χ0v) is 13.1. The number of rotatable bonds is 5. The molecule has 0 radical (unpaired) electrons. The fraction of sp³-hybridized carbons (Fsp3) is 0.250. The number of nitrogens with one attached hydrogen (secondary N) is 1. The van der Waals surface area contributed by atoms with Gasteiger partial charge in [-0.15, -0.1) is 0 Å². The molecule has 116 valence electrons. The summed E-state index contributed by atoms with van der Waals surface area (Å²) in [6.45, 7) is 3.39. The van der Waals surface area contributed by atoms with Crippen molar-refractivity contribution in [2.45, 2.75) is 19.4 Å². The number of hydrogen-bond donors (Lipinski definition) is 3. The van der Waals surface area contributed by atoms with Crippen LogP contribution in [-0.2, 0) is 5.60 Å². The molecule has 1 heterocycles. The van der Waals surface area contributed by atoms with Gasteiger partial charge in [-0.25, -0.2) is 4.79 Å². The molecule has 0 saturated carbocycles. The van der Waals surface area contributed by atoms with Gasteiger partial charge in [-0.05, 0) is 60.0 Å². The molecule has 0 spiro atoms. The third-order valence-corrected chi connectivity index (χ3v) is 4.01. The number of carbonyl (C=O) groups excluding carboxylic acids is 1. The Morgan fingerprint density at radius 2 is 1.95 bits per heavy atom. The van der Waals surface area contributed by atoms with Crippen LogP contribution < -0.4 is 5.32 Å². The molecule has 1 atom stereocenters. The number of carboxylic acid groups (broad SMARTS) is 1. The molecule has 0 aliphatic heterocycles. The molecule has 0 fully saturated rings. The molecule has 0 aliphatic carbocycles. The zero-order valence-electron chi connectivity index (χ0n) is 12.3. The largest absolute Gasteiger partial charge is 0.478 e. The van der Waals surface area contributed by atoms with Gasteiger partial charge in [-0.3, -0.25) is 4.79 Å². The Labute approximate surface area is 132 Å². The lowest BCUT2D eigenvalue weighted by Crippen LogP contribution is -2.38. The lowest BCUT2D eigenvalue weighted by molar-refractivity contribution is 0.0530. The first-order chi connectivity index (χ1) is 10.3. The third-order valence-electron chi connectivity index (χ3n) is 3.32. The first kappa shape index (κ1) is 16.2. The minimum absolute atomic E-state index is 0.0406. The highest BCUT2D eigenvalue weighted by Gasteiger charge is 2.24. The van der Waals surface area contributed by atoms with Crippen LogP contribution in [0, 0.1) is 6.92 Å². The number of aromatic carboxylic acids is 1. The summed E-state index contributed by atoms with van der Waals surface area (Å²) < 4.78 is 0. The summed E-state index contributed by atoms with van der Waals surface area (Å²) in [4.78, 5) is 23.2. The second kappa shape index (κ2) is 6.29. The SMILES string of the molecule is Cc1cc(C(=O)O)cc(C(=O)NCC(C)(O)c2ccsc2)c1. The van der Waals surface area contributed by atoms with Crippen molar-refractivity contribution in [3.63, 3.8) is 0 Å². The van der Waals surface area contributed by atoms with E-state index in [4.69, 9.17) is 5.11 Å². The summed E-state index contributed by atoms with van der Waals surface area (Å²) in [5.74, 6) is -1.50. The van der Waals surface area contributed by atoms with Crippen LogP contribution in [0.2, 0.25) is 0 Å². The summed E-state index contributed by atoms with van der Waals surface area (Å²) in [6.07, 6.45) is 0. The molecule has 2 aromatic rings. The number of benzene rings is 1. The van der Waals surface area contributed by atoms with Crippen molar-refractivity contribution in [3.05, 3.63) is 57.3 Å². The minimum atomic E-state index is -1.17. The normalized spacial score (nSPS) is 13.4. The van der Waals surface area contributed by atoms with Gasteiger partial charge in [0.2, 0.25) is 0 Å². The monoisotopic (exact) mass is 319 g/mol. The van der Waals surface area contributed by atoms with Gasteiger partial charge < -0.3 is 15.5 Å². The summed E-state index contributed by atoms with van der Waals surface area (Å²) in [6, 6.07) is 6.23. The maximum absolute atomic E-state index is 12.2. The first-order valence-electron chi connectivity index (χ1n) is 6.68. The van der Waals surface area contributed by atoms with Crippen LogP contribution in [0.3, 0.4) is 0 Å². The summed E-state index contributed by atoms with van der Waals surface area (Å²) in [7, 11) is 0. The lowest BCUT2D eigenvalue weighted by Gasteiger charge is -2.22. The number of amides is 1. The van der Waals surface area contributed by atoms with Gasteiger partial charge >= 0.3 is 5.97 Å². The highest BCUT2D eigenvalue weighted by atomic mass is 32.1. The molecular weight excluding hydrogens is 302 g/mol. The number of carbonyl (C=O) groups is 2. The number of aliphatic hydroxyl groups is 1. The average molecular weight is 319 g/mol. The topological polar surface area (TPSA) is 86.6 Å². The molecule has 2 rings (SSSR count). The van der Waals surface area contributed by atoms with E-state index >= 15 is 0 Å². The van der Waals surface area contributed by atoms with Crippen molar-refractivity contribution < 1.29 is 19.8 Å². The van der Waals surface area contributed by atoms with E-state index in [-0.39, 0.29) is 17.7 Å². The summed E-state index contributed by atoms with van der Waals surface area (Å²) in [5, 5.41) is 25.7. The van der Waals surface area contributed by atoms with Gasteiger partial charge in [0.15, 0.2) is 0 Å². The summed E-state index contributed by atoms with van der Waals surface area (Å²) >= 11 is 1.47. The Bertz CT molecular complexity index is 692. The Morgan fingerprint density at radius 1 is 1.27 bits per heavy atom.